The van der Waals surface area contributed by atoms with Crippen LogP contribution in [0.5, 0.6) is 0 Å². The second kappa shape index (κ2) is 19.3. The normalized spacial score (nSPS) is 19.5. The lowest BCUT2D eigenvalue weighted by molar-refractivity contribution is 0.372. The molecule has 0 heterocycles. The number of hydrogen-bond donors (Lipinski definition) is 0. The fourth-order valence-electron chi connectivity index (χ4n) is 5.81. The standard InChI is InChI=1S/C35H64/c1-28(2)14-9-15-29(3)16-10-17-30(4)18-11-19-31(5)20-12-21-32(6)22-13-23-34(8)35-26-24-33(7)25-27-35/h22,24,28-31,35H,8-21,23,25-27H2,1-7H3/b32-22-. The molecule has 0 aromatic carbocycles. The van der Waals surface area contributed by atoms with Gasteiger partial charge in [-0.15, -0.1) is 0 Å². The smallest absolute Gasteiger partial charge is 0.0168 e. The predicted octanol–water partition coefficient (Wildman–Crippen LogP) is 12.3. The summed E-state index contributed by atoms with van der Waals surface area (Å²) in [6, 6.07) is 0. The van der Waals surface area contributed by atoms with E-state index in [1.54, 1.807) is 11.1 Å². The first-order chi connectivity index (χ1) is 16.7. The zero-order valence-corrected chi connectivity index (χ0v) is 25.3. The van der Waals surface area contributed by atoms with Crippen molar-refractivity contribution in [2.45, 2.75) is 158 Å². The first kappa shape index (κ1) is 32.2. The summed E-state index contributed by atoms with van der Waals surface area (Å²) in [5.74, 6) is 4.33. The van der Waals surface area contributed by atoms with Gasteiger partial charge in [-0.2, -0.15) is 0 Å². The molecule has 0 aromatic rings. The molecule has 0 amide bonds. The lowest BCUT2D eigenvalue weighted by atomic mass is 9.83. The van der Waals surface area contributed by atoms with Crippen LogP contribution in [-0.2, 0) is 0 Å². The van der Waals surface area contributed by atoms with Crippen LogP contribution in [0.3, 0.4) is 0 Å². The average Bonchev–Trinajstić information content (AvgIpc) is 2.79. The van der Waals surface area contributed by atoms with Gasteiger partial charge in [-0.25, -0.2) is 0 Å². The average molecular weight is 485 g/mol. The fraction of sp³-hybridized carbons (Fsp3) is 0.829. The summed E-state index contributed by atoms with van der Waals surface area (Å²) in [5.41, 5.74) is 4.65. The summed E-state index contributed by atoms with van der Waals surface area (Å²) in [7, 11) is 0. The van der Waals surface area contributed by atoms with E-state index in [0.29, 0.717) is 0 Å². The Morgan fingerprint density at radius 1 is 0.829 bits per heavy atom. The predicted molar refractivity (Wildman–Crippen MR) is 161 cm³/mol. The third kappa shape index (κ3) is 17.3. The van der Waals surface area contributed by atoms with Crippen molar-refractivity contribution in [2.75, 3.05) is 0 Å². The van der Waals surface area contributed by atoms with Gasteiger partial charge in [0, 0.05) is 0 Å². The highest BCUT2D eigenvalue weighted by molar-refractivity contribution is 5.12. The molecule has 0 nitrogen and oxygen atoms in total. The minimum Gasteiger partial charge on any atom is -0.0996 e. The maximum absolute atomic E-state index is 4.41. The summed E-state index contributed by atoms with van der Waals surface area (Å²) in [4.78, 5) is 0. The molecule has 1 rings (SSSR count). The zero-order valence-electron chi connectivity index (χ0n) is 25.3. The van der Waals surface area contributed by atoms with Crippen LogP contribution in [0.1, 0.15) is 158 Å². The van der Waals surface area contributed by atoms with Gasteiger partial charge >= 0.3 is 0 Å². The SMILES string of the molecule is C=C(CC/C=C(/C)CCCC(C)CCCC(C)CCCC(C)CCCC(C)C)C1CC=C(C)CC1. The summed E-state index contributed by atoms with van der Waals surface area (Å²) in [6.45, 7) is 21.2. The quantitative estimate of drug-likeness (QED) is 0.151. The van der Waals surface area contributed by atoms with Crippen LogP contribution in [0.4, 0.5) is 0 Å². The Balaban J connectivity index is 2.03. The maximum Gasteiger partial charge on any atom is -0.0168 e. The molecule has 0 saturated carbocycles. The van der Waals surface area contributed by atoms with Crippen molar-refractivity contribution in [3.05, 3.63) is 35.5 Å². The van der Waals surface area contributed by atoms with Crippen LogP contribution in [0.15, 0.2) is 35.5 Å². The van der Waals surface area contributed by atoms with Gasteiger partial charge < -0.3 is 0 Å². The van der Waals surface area contributed by atoms with E-state index in [1.165, 1.54) is 115 Å². The van der Waals surface area contributed by atoms with Gasteiger partial charge in [-0.3, -0.25) is 0 Å². The van der Waals surface area contributed by atoms with Crippen LogP contribution in [0.25, 0.3) is 0 Å². The van der Waals surface area contributed by atoms with E-state index < -0.39 is 0 Å². The molecule has 0 fully saturated rings. The van der Waals surface area contributed by atoms with E-state index in [2.05, 4.69) is 67.2 Å². The molecule has 204 valence electrons. The van der Waals surface area contributed by atoms with Gasteiger partial charge in [-0.1, -0.05) is 134 Å². The first-order valence-corrected chi connectivity index (χ1v) is 15.7. The second-order valence-electron chi connectivity index (χ2n) is 13.2. The molecule has 0 spiro atoms. The second-order valence-corrected chi connectivity index (χ2v) is 13.2. The Morgan fingerprint density at radius 2 is 1.34 bits per heavy atom. The van der Waals surface area contributed by atoms with Crippen LogP contribution in [0, 0.1) is 29.6 Å². The summed E-state index contributed by atoms with van der Waals surface area (Å²) >= 11 is 0. The number of hydrogen-bond acceptors (Lipinski definition) is 0. The van der Waals surface area contributed by atoms with Crippen LogP contribution >= 0.6 is 0 Å². The van der Waals surface area contributed by atoms with Gasteiger partial charge in [0.05, 0.1) is 0 Å². The van der Waals surface area contributed by atoms with Crippen LogP contribution in [-0.4, -0.2) is 0 Å². The Morgan fingerprint density at radius 3 is 1.83 bits per heavy atom. The first-order valence-electron chi connectivity index (χ1n) is 15.7. The van der Waals surface area contributed by atoms with Crippen molar-refractivity contribution in [3.8, 4) is 0 Å². The molecule has 4 atom stereocenters. The molecule has 0 bridgehead atoms. The third-order valence-electron chi connectivity index (χ3n) is 8.71. The topological polar surface area (TPSA) is 0 Å². The molecule has 4 unspecified atom stereocenters. The number of allylic oxidation sites excluding steroid dienone is 5. The highest BCUT2D eigenvalue weighted by Crippen LogP contribution is 2.30. The molecule has 0 radical (unpaired) electrons. The molecule has 0 heteroatoms. The molecule has 1 aliphatic rings. The van der Waals surface area contributed by atoms with Gasteiger partial charge in [0.2, 0.25) is 0 Å². The number of rotatable bonds is 20. The van der Waals surface area contributed by atoms with Gasteiger partial charge in [0.25, 0.3) is 0 Å². The van der Waals surface area contributed by atoms with E-state index in [4.69, 9.17) is 0 Å². The van der Waals surface area contributed by atoms with Crippen LogP contribution in [0.2, 0.25) is 0 Å². The highest BCUT2D eigenvalue weighted by atomic mass is 14.2. The Labute approximate surface area is 222 Å². The lowest BCUT2D eigenvalue weighted by Gasteiger charge is -2.22. The van der Waals surface area contributed by atoms with Crippen molar-refractivity contribution in [1.29, 1.82) is 0 Å². The van der Waals surface area contributed by atoms with Crippen molar-refractivity contribution in [3.63, 3.8) is 0 Å². The maximum atomic E-state index is 4.41. The molecule has 0 aliphatic heterocycles. The van der Waals surface area contributed by atoms with Crippen molar-refractivity contribution in [1.82, 2.24) is 0 Å². The lowest BCUT2D eigenvalue weighted by Crippen LogP contribution is -2.07. The summed E-state index contributed by atoms with van der Waals surface area (Å²) < 4.78 is 0. The van der Waals surface area contributed by atoms with Crippen molar-refractivity contribution >= 4 is 0 Å². The van der Waals surface area contributed by atoms with E-state index in [9.17, 15) is 0 Å². The third-order valence-corrected chi connectivity index (χ3v) is 8.71. The molecule has 0 N–H and O–H groups in total. The Bertz CT molecular complexity index is 604. The van der Waals surface area contributed by atoms with E-state index in [-0.39, 0.29) is 0 Å². The van der Waals surface area contributed by atoms with E-state index in [1.807, 2.05) is 0 Å². The van der Waals surface area contributed by atoms with Gasteiger partial charge in [-0.05, 0) is 88.4 Å². The largest absolute Gasteiger partial charge is 0.0996 e. The Kier molecular flexibility index (Phi) is 17.8. The minimum absolute atomic E-state index is 0.735. The molecular weight excluding hydrogens is 420 g/mol. The van der Waals surface area contributed by atoms with Crippen molar-refractivity contribution in [2.24, 2.45) is 29.6 Å². The van der Waals surface area contributed by atoms with E-state index in [0.717, 1.165) is 29.6 Å². The Hall–Kier alpha value is -0.780. The molecule has 35 heavy (non-hydrogen) atoms. The minimum atomic E-state index is 0.735. The van der Waals surface area contributed by atoms with Gasteiger partial charge in [0.1, 0.15) is 0 Å². The fourth-order valence-corrected chi connectivity index (χ4v) is 5.81. The molecule has 1 aliphatic carbocycles. The zero-order chi connectivity index (χ0) is 26.1. The van der Waals surface area contributed by atoms with Gasteiger partial charge in [0.15, 0.2) is 0 Å². The highest BCUT2D eigenvalue weighted by Gasteiger charge is 2.15. The summed E-state index contributed by atoms with van der Waals surface area (Å²) in [6.07, 6.45) is 28.0. The molecular formula is C35H64. The monoisotopic (exact) mass is 485 g/mol. The summed E-state index contributed by atoms with van der Waals surface area (Å²) in [5, 5.41) is 0. The molecule has 0 saturated heterocycles. The van der Waals surface area contributed by atoms with Crippen molar-refractivity contribution < 1.29 is 0 Å². The molecule has 0 aromatic heterocycles. The van der Waals surface area contributed by atoms with Crippen LogP contribution < -0.4 is 0 Å². The van der Waals surface area contributed by atoms with E-state index >= 15 is 0 Å².